The monoisotopic (exact) mass is 228 g/mol. The van der Waals surface area contributed by atoms with Crippen LogP contribution in [-0.2, 0) is 6.54 Å². The van der Waals surface area contributed by atoms with E-state index >= 15 is 0 Å². The van der Waals surface area contributed by atoms with Gasteiger partial charge in [0, 0.05) is 24.1 Å². The first-order valence-electron chi connectivity index (χ1n) is 5.19. The Morgan fingerprint density at radius 3 is 3.12 bits per heavy atom. The van der Waals surface area contributed by atoms with Gasteiger partial charge in [-0.1, -0.05) is 6.07 Å². The highest BCUT2D eigenvalue weighted by molar-refractivity contribution is 5.43. The Labute approximate surface area is 99.1 Å². The minimum Gasteiger partial charge on any atom is -0.492 e. The Balaban J connectivity index is 1.90. The van der Waals surface area contributed by atoms with Crippen molar-refractivity contribution < 1.29 is 4.74 Å². The van der Waals surface area contributed by atoms with Crippen LogP contribution in [0.15, 0.2) is 36.7 Å². The number of ether oxygens (including phenoxy) is 1. The van der Waals surface area contributed by atoms with E-state index in [1.807, 2.05) is 18.2 Å². The molecule has 2 aromatic rings. The molecular weight excluding hydrogens is 216 g/mol. The van der Waals surface area contributed by atoms with Gasteiger partial charge in [0.05, 0.1) is 6.54 Å². The Hall–Kier alpha value is -2.48. The van der Waals surface area contributed by atoms with Gasteiger partial charge in [0.15, 0.2) is 0 Å². The molecule has 2 N–H and O–H groups in total. The van der Waals surface area contributed by atoms with Gasteiger partial charge in [-0.2, -0.15) is 5.26 Å². The van der Waals surface area contributed by atoms with Crippen molar-refractivity contribution in [3.05, 3.63) is 42.5 Å². The summed E-state index contributed by atoms with van der Waals surface area (Å²) in [4.78, 5) is 3.90. The summed E-state index contributed by atoms with van der Waals surface area (Å²) in [5, 5.41) is 8.77. The molecule has 5 heteroatoms. The van der Waals surface area contributed by atoms with E-state index < -0.39 is 0 Å². The highest BCUT2D eigenvalue weighted by atomic mass is 16.5. The molecule has 0 aliphatic heterocycles. The molecule has 0 aliphatic carbocycles. The van der Waals surface area contributed by atoms with E-state index in [2.05, 4.69) is 4.98 Å². The van der Waals surface area contributed by atoms with E-state index in [0.717, 1.165) is 5.75 Å². The number of nitrogen functional groups attached to an aromatic ring is 1. The number of aromatic nitrogens is 2. The first kappa shape index (κ1) is 11.0. The summed E-state index contributed by atoms with van der Waals surface area (Å²) in [6.45, 7) is 1.05. The zero-order valence-corrected chi connectivity index (χ0v) is 9.21. The number of imidazole rings is 1. The molecule has 1 aromatic carbocycles. The maximum absolute atomic E-state index is 8.77. The molecule has 0 bridgehead atoms. The lowest BCUT2D eigenvalue weighted by molar-refractivity contribution is 0.298. The fourth-order valence-electron chi connectivity index (χ4n) is 1.47. The van der Waals surface area contributed by atoms with Crippen LogP contribution in [0.5, 0.6) is 5.75 Å². The molecule has 0 saturated heterocycles. The zero-order valence-electron chi connectivity index (χ0n) is 9.21. The first-order chi connectivity index (χ1) is 8.29. The van der Waals surface area contributed by atoms with Crippen LogP contribution in [0, 0.1) is 11.3 Å². The smallest absolute Gasteiger partial charge is 0.212 e. The van der Waals surface area contributed by atoms with E-state index in [1.54, 1.807) is 29.1 Å². The molecule has 86 valence electrons. The number of hydrogen-bond donors (Lipinski definition) is 1. The third kappa shape index (κ3) is 2.75. The van der Waals surface area contributed by atoms with Crippen molar-refractivity contribution in [1.29, 1.82) is 5.26 Å². The number of rotatable bonds is 4. The number of anilines is 1. The summed E-state index contributed by atoms with van der Waals surface area (Å²) in [6, 6.07) is 9.25. The van der Waals surface area contributed by atoms with Gasteiger partial charge in [-0.05, 0) is 12.1 Å². The minimum absolute atomic E-state index is 0.390. The fourth-order valence-corrected chi connectivity index (χ4v) is 1.47. The normalized spacial score (nSPS) is 9.82. The lowest BCUT2D eigenvalue weighted by Gasteiger charge is -2.07. The van der Waals surface area contributed by atoms with E-state index in [9.17, 15) is 0 Å². The second kappa shape index (κ2) is 5.03. The SMILES string of the molecule is N#Cc1nccn1CCOc1cccc(N)c1. The Kier molecular flexibility index (Phi) is 3.26. The fraction of sp³-hybridized carbons (Fsp3) is 0.167. The van der Waals surface area contributed by atoms with Crippen LogP contribution in [0.25, 0.3) is 0 Å². The number of hydrogen-bond acceptors (Lipinski definition) is 4. The summed E-state index contributed by atoms with van der Waals surface area (Å²) >= 11 is 0. The lowest BCUT2D eigenvalue weighted by atomic mass is 10.3. The van der Waals surface area contributed by atoms with Crippen LogP contribution < -0.4 is 10.5 Å². The third-order valence-corrected chi connectivity index (χ3v) is 2.27. The topological polar surface area (TPSA) is 76.9 Å². The Morgan fingerprint density at radius 2 is 2.35 bits per heavy atom. The molecule has 0 spiro atoms. The average molecular weight is 228 g/mol. The van der Waals surface area contributed by atoms with Crippen LogP contribution in [0.4, 0.5) is 5.69 Å². The number of benzene rings is 1. The van der Waals surface area contributed by atoms with Crippen LogP contribution in [-0.4, -0.2) is 16.2 Å². The van der Waals surface area contributed by atoms with Gasteiger partial charge in [0.25, 0.3) is 0 Å². The van der Waals surface area contributed by atoms with Crippen molar-refractivity contribution in [2.45, 2.75) is 6.54 Å². The maximum atomic E-state index is 8.77. The van der Waals surface area contributed by atoms with E-state index in [-0.39, 0.29) is 0 Å². The van der Waals surface area contributed by atoms with Gasteiger partial charge in [-0.25, -0.2) is 4.98 Å². The number of nitrogens with zero attached hydrogens (tertiary/aromatic N) is 3. The largest absolute Gasteiger partial charge is 0.492 e. The molecule has 1 aromatic heterocycles. The summed E-state index contributed by atoms with van der Waals surface area (Å²) in [5.74, 6) is 1.12. The minimum atomic E-state index is 0.390. The van der Waals surface area contributed by atoms with Crippen molar-refractivity contribution in [1.82, 2.24) is 9.55 Å². The average Bonchev–Trinajstić information content (AvgIpc) is 2.77. The quantitative estimate of drug-likeness (QED) is 0.803. The third-order valence-electron chi connectivity index (χ3n) is 2.27. The molecule has 0 aliphatic rings. The summed E-state index contributed by atoms with van der Waals surface area (Å²) < 4.78 is 7.26. The highest BCUT2D eigenvalue weighted by Gasteiger charge is 2.01. The molecule has 0 fully saturated rings. The van der Waals surface area contributed by atoms with Crippen LogP contribution >= 0.6 is 0 Å². The molecule has 2 rings (SSSR count). The van der Waals surface area contributed by atoms with Crippen molar-refractivity contribution in [2.24, 2.45) is 0 Å². The molecular formula is C12H12N4O. The molecule has 0 radical (unpaired) electrons. The highest BCUT2D eigenvalue weighted by Crippen LogP contribution is 2.14. The Morgan fingerprint density at radius 1 is 1.47 bits per heavy atom. The van der Waals surface area contributed by atoms with Crippen molar-refractivity contribution in [3.63, 3.8) is 0 Å². The summed E-state index contributed by atoms with van der Waals surface area (Å²) in [5.41, 5.74) is 6.30. The predicted octanol–water partition coefficient (Wildman–Crippen LogP) is 1.42. The first-order valence-corrected chi connectivity index (χ1v) is 5.19. The summed E-state index contributed by atoms with van der Waals surface area (Å²) in [7, 11) is 0. The molecule has 0 amide bonds. The molecule has 0 saturated carbocycles. The number of nitrogens with two attached hydrogens (primary N) is 1. The van der Waals surface area contributed by atoms with Gasteiger partial charge < -0.3 is 15.0 Å². The van der Waals surface area contributed by atoms with Crippen LogP contribution in [0.1, 0.15) is 5.82 Å². The summed E-state index contributed by atoms with van der Waals surface area (Å²) in [6.07, 6.45) is 3.35. The van der Waals surface area contributed by atoms with E-state index in [4.69, 9.17) is 15.7 Å². The molecule has 1 heterocycles. The van der Waals surface area contributed by atoms with Gasteiger partial charge in [-0.15, -0.1) is 0 Å². The van der Waals surface area contributed by atoms with Gasteiger partial charge >= 0.3 is 0 Å². The molecule has 0 atom stereocenters. The second-order valence-electron chi connectivity index (χ2n) is 3.48. The Bertz CT molecular complexity index is 541. The molecule has 17 heavy (non-hydrogen) atoms. The van der Waals surface area contributed by atoms with E-state index in [0.29, 0.717) is 24.7 Å². The standard InChI is InChI=1S/C12H12N4O/c13-9-12-15-4-5-16(12)6-7-17-11-3-1-2-10(14)8-11/h1-5,8H,6-7,14H2. The van der Waals surface area contributed by atoms with E-state index in [1.165, 1.54) is 0 Å². The predicted molar refractivity (Wildman–Crippen MR) is 63.3 cm³/mol. The zero-order chi connectivity index (χ0) is 12.1. The van der Waals surface area contributed by atoms with Gasteiger partial charge in [-0.3, -0.25) is 0 Å². The van der Waals surface area contributed by atoms with Gasteiger partial charge in [0.2, 0.25) is 5.82 Å². The lowest BCUT2D eigenvalue weighted by Crippen LogP contribution is -2.09. The second-order valence-corrected chi connectivity index (χ2v) is 3.48. The van der Waals surface area contributed by atoms with Crippen molar-refractivity contribution >= 4 is 5.69 Å². The van der Waals surface area contributed by atoms with Crippen LogP contribution in [0.2, 0.25) is 0 Å². The molecule has 5 nitrogen and oxygen atoms in total. The van der Waals surface area contributed by atoms with Crippen molar-refractivity contribution in [2.75, 3.05) is 12.3 Å². The van der Waals surface area contributed by atoms with Crippen molar-refractivity contribution in [3.8, 4) is 11.8 Å². The number of nitriles is 1. The maximum Gasteiger partial charge on any atom is 0.212 e. The van der Waals surface area contributed by atoms with Crippen LogP contribution in [0.3, 0.4) is 0 Å². The van der Waals surface area contributed by atoms with Gasteiger partial charge in [0.1, 0.15) is 18.4 Å². The molecule has 0 unspecified atom stereocenters.